The van der Waals surface area contributed by atoms with E-state index in [1.165, 1.54) is 16.0 Å². The molecule has 0 spiro atoms. The lowest BCUT2D eigenvalue weighted by Crippen LogP contribution is -2.49. The van der Waals surface area contributed by atoms with Gasteiger partial charge in [0, 0.05) is 49.4 Å². The molecule has 0 unspecified atom stereocenters. The van der Waals surface area contributed by atoms with E-state index in [1.807, 2.05) is 17.0 Å². The van der Waals surface area contributed by atoms with Crippen LogP contribution < -0.4 is 4.90 Å². The number of carbonyl (C=O) groups excluding carboxylic acids is 1. The van der Waals surface area contributed by atoms with E-state index in [0.717, 1.165) is 37.7 Å². The Kier molecular flexibility index (Phi) is 6.43. The number of nitrogens with zero attached hydrogens (tertiary/aromatic N) is 3. The van der Waals surface area contributed by atoms with E-state index in [9.17, 15) is 4.79 Å². The van der Waals surface area contributed by atoms with E-state index >= 15 is 0 Å². The maximum absolute atomic E-state index is 12.5. The number of aromatic nitrogens is 1. The van der Waals surface area contributed by atoms with Gasteiger partial charge in [0.25, 0.3) is 0 Å². The number of hydrogen-bond acceptors (Lipinski definition) is 4. The highest BCUT2D eigenvalue weighted by molar-refractivity contribution is 7.99. The average Bonchev–Trinajstić information content (AvgIpc) is 2.65. The van der Waals surface area contributed by atoms with E-state index < -0.39 is 0 Å². The zero-order chi connectivity index (χ0) is 18.5. The first kappa shape index (κ1) is 19.1. The highest BCUT2D eigenvalue weighted by Gasteiger charge is 2.21. The number of carbonyl (C=O) groups is 1. The maximum atomic E-state index is 12.5. The molecule has 1 aliphatic rings. The first-order valence-electron chi connectivity index (χ1n) is 8.87. The molecule has 1 fully saturated rings. The standard InChI is InChI=1S/C20H24ClN3OS/c1-15-3-5-18(13-16(15)2)26-12-7-20(25)24-10-8-23(9-11-24)19-6-4-17(21)14-22-19/h3-6,13-14H,7-12H2,1-2H3. The van der Waals surface area contributed by atoms with Crippen molar-refractivity contribution in [3.63, 3.8) is 0 Å². The molecule has 1 amide bonds. The minimum absolute atomic E-state index is 0.241. The van der Waals surface area contributed by atoms with Gasteiger partial charge in [-0.25, -0.2) is 4.98 Å². The van der Waals surface area contributed by atoms with E-state index in [2.05, 4.69) is 41.9 Å². The molecule has 1 aliphatic heterocycles. The molecule has 0 bridgehead atoms. The Morgan fingerprint density at radius 3 is 2.54 bits per heavy atom. The second-order valence-electron chi connectivity index (χ2n) is 6.55. The zero-order valence-electron chi connectivity index (χ0n) is 15.2. The predicted octanol–water partition coefficient (Wildman–Crippen LogP) is 4.18. The van der Waals surface area contributed by atoms with Crippen molar-refractivity contribution in [2.24, 2.45) is 0 Å². The van der Waals surface area contributed by atoms with Crippen molar-refractivity contribution < 1.29 is 4.79 Å². The maximum Gasteiger partial charge on any atom is 0.223 e. The molecule has 0 saturated carbocycles. The summed E-state index contributed by atoms with van der Waals surface area (Å²) in [5, 5.41) is 0.642. The van der Waals surface area contributed by atoms with Gasteiger partial charge in [0.05, 0.1) is 5.02 Å². The van der Waals surface area contributed by atoms with Gasteiger partial charge in [0.2, 0.25) is 5.91 Å². The van der Waals surface area contributed by atoms with Gasteiger partial charge >= 0.3 is 0 Å². The van der Waals surface area contributed by atoms with Crippen LogP contribution >= 0.6 is 23.4 Å². The van der Waals surface area contributed by atoms with Gasteiger partial charge in [0.15, 0.2) is 0 Å². The number of thioether (sulfide) groups is 1. The third kappa shape index (κ3) is 4.92. The molecule has 1 saturated heterocycles. The van der Waals surface area contributed by atoms with Crippen LogP contribution in [0.2, 0.25) is 5.02 Å². The third-order valence-corrected chi connectivity index (χ3v) is 5.95. The van der Waals surface area contributed by atoms with Crippen molar-refractivity contribution in [1.29, 1.82) is 0 Å². The number of rotatable bonds is 5. The minimum Gasteiger partial charge on any atom is -0.353 e. The van der Waals surface area contributed by atoms with Gasteiger partial charge in [-0.3, -0.25) is 4.79 Å². The first-order valence-corrected chi connectivity index (χ1v) is 10.2. The number of anilines is 1. The van der Waals surface area contributed by atoms with Crippen molar-refractivity contribution in [3.8, 4) is 0 Å². The lowest BCUT2D eigenvalue weighted by Gasteiger charge is -2.35. The first-order chi connectivity index (χ1) is 12.5. The zero-order valence-corrected chi connectivity index (χ0v) is 16.8. The van der Waals surface area contributed by atoms with Crippen LogP contribution in [0.25, 0.3) is 0 Å². The molecule has 138 valence electrons. The van der Waals surface area contributed by atoms with Gasteiger partial charge in [-0.05, 0) is 49.2 Å². The summed E-state index contributed by atoms with van der Waals surface area (Å²) in [5.74, 6) is 1.98. The van der Waals surface area contributed by atoms with Gasteiger partial charge < -0.3 is 9.80 Å². The summed E-state index contributed by atoms with van der Waals surface area (Å²) in [6.07, 6.45) is 2.25. The summed E-state index contributed by atoms with van der Waals surface area (Å²) in [5.41, 5.74) is 2.60. The van der Waals surface area contributed by atoms with Gasteiger partial charge in [-0.1, -0.05) is 17.7 Å². The van der Waals surface area contributed by atoms with Crippen molar-refractivity contribution in [3.05, 3.63) is 52.7 Å². The van der Waals surface area contributed by atoms with Crippen LogP contribution in [0, 0.1) is 13.8 Å². The molecule has 6 heteroatoms. The average molecular weight is 390 g/mol. The molecule has 0 aliphatic carbocycles. The van der Waals surface area contributed by atoms with Crippen LogP contribution in [-0.4, -0.2) is 47.7 Å². The van der Waals surface area contributed by atoms with Crippen molar-refractivity contribution in [2.75, 3.05) is 36.8 Å². The summed E-state index contributed by atoms with van der Waals surface area (Å²) < 4.78 is 0. The molecule has 1 aromatic heterocycles. The lowest BCUT2D eigenvalue weighted by atomic mass is 10.1. The second-order valence-corrected chi connectivity index (χ2v) is 8.15. The lowest BCUT2D eigenvalue weighted by molar-refractivity contribution is -0.131. The number of aryl methyl sites for hydroxylation is 2. The Bertz CT molecular complexity index is 758. The number of halogens is 1. The number of amides is 1. The summed E-state index contributed by atoms with van der Waals surface area (Å²) in [4.78, 5) is 22.2. The normalized spacial score (nSPS) is 14.6. The Morgan fingerprint density at radius 2 is 1.88 bits per heavy atom. The van der Waals surface area contributed by atoms with Crippen molar-refractivity contribution in [1.82, 2.24) is 9.88 Å². The molecule has 1 aromatic carbocycles. The fourth-order valence-corrected chi connectivity index (χ4v) is 4.01. The van der Waals surface area contributed by atoms with Crippen LogP contribution in [0.1, 0.15) is 17.5 Å². The van der Waals surface area contributed by atoms with Crippen LogP contribution in [0.3, 0.4) is 0 Å². The van der Waals surface area contributed by atoms with Gasteiger partial charge in [-0.15, -0.1) is 11.8 Å². The van der Waals surface area contributed by atoms with E-state index in [-0.39, 0.29) is 5.91 Å². The molecule has 0 atom stereocenters. The van der Waals surface area contributed by atoms with Crippen molar-refractivity contribution >= 4 is 35.1 Å². The largest absolute Gasteiger partial charge is 0.353 e. The van der Waals surface area contributed by atoms with Crippen LogP contribution in [-0.2, 0) is 4.79 Å². The summed E-state index contributed by atoms with van der Waals surface area (Å²) in [6, 6.07) is 10.3. The number of benzene rings is 1. The molecule has 0 radical (unpaired) electrons. The Balaban J connectivity index is 1.43. The molecule has 4 nitrogen and oxygen atoms in total. The second kappa shape index (κ2) is 8.78. The molecule has 3 rings (SSSR count). The number of hydrogen-bond donors (Lipinski definition) is 0. The molecule has 2 aromatic rings. The highest BCUT2D eigenvalue weighted by atomic mass is 35.5. The quantitative estimate of drug-likeness (QED) is 0.718. The van der Waals surface area contributed by atoms with Gasteiger partial charge in [-0.2, -0.15) is 0 Å². The van der Waals surface area contributed by atoms with Gasteiger partial charge in [0.1, 0.15) is 5.82 Å². The Morgan fingerprint density at radius 1 is 1.12 bits per heavy atom. The van der Waals surface area contributed by atoms with Crippen LogP contribution in [0.5, 0.6) is 0 Å². The molecule has 26 heavy (non-hydrogen) atoms. The van der Waals surface area contributed by atoms with Crippen LogP contribution in [0.4, 0.5) is 5.82 Å². The molecule has 2 heterocycles. The summed E-state index contributed by atoms with van der Waals surface area (Å²) in [6.45, 7) is 7.36. The molecule has 0 N–H and O–H groups in total. The molecular formula is C20H24ClN3OS. The third-order valence-electron chi connectivity index (χ3n) is 4.73. The van der Waals surface area contributed by atoms with E-state index in [0.29, 0.717) is 11.4 Å². The fraction of sp³-hybridized carbons (Fsp3) is 0.400. The monoisotopic (exact) mass is 389 g/mol. The molecular weight excluding hydrogens is 366 g/mol. The topological polar surface area (TPSA) is 36.4 Å². The highest BCUT2D eigenvalue weighted by Crippen LogP contribution is 2.22. The van der Waals surface area contributed by atoms with E-state index in [4.69, 9.17) is 11.6 Å². The van der Waals surface area contributed by atoms with Crippen LogP contribution in [0.15, 0.2) is 41.4 Å². The SMILES string of the molecule is Cc1ccc(SCCC(=O)N2CCN(c3ccc(Cl)cn3)CC2)cc1C. The van der Waals surface area contributed by atoms with E-state index in [1.54, 1.807) is 18.0 Å². The van der Waals surface area contributed by atoms with Crippen molar-refractivity contribution in [2.45, 2.75) is 25.2 Å². The fourth-order valence-electron chi connectivity index (χ4n) is 2.96. The Hall–Kier alpha value is -1.72. The summed E-state index contributed by atoms with van der Waals surface area (Å²) in [7, 11) is 0. The minimum atomic E-state index is 0.241. The summed E-state index contributed by atoms with van der Waals surface area (Å²) >= 11 is 7.64. The predicted molar refractivity (Wildman–Crippen MR) is 109 cm³/mol. The number of piperazine rings is 1. The number of pyridine rings is 1. The Labute approximate surface area is 164 Å². The smallest absolute Gasteiger partial charge is 0.223 e.